The summed E-state index contributed by atoms with van der Waals surface area (Å²) in [6.45, 7) is 3.68. The molecule has 1 heterocycles. The van der Waals surface area contributed by atoms with Gasteiger partial charge in [-0.2, -0.15) is 0 Å². The molecule has 0 amide bonds. The average Bonchev–Trinajstić information content (AvgIpc) is 2.69. The van der Waals surface area contributed by atoms with Gasteiger partial charge in [-0.25, -0.2) is 0 Å². The first-order valence-corrected chi connectivity index (χ1v) is 3.90. The standard InChI is InChI=1S/C9H8N4/c1-2-9(10-12-13-11-9)8-6-4-3-5-7-8/h2-7H,1H2. The van der Waals surface area contributed by atoms with Gasteiger partial charge in [0.15, 0.2) is 0 Å². The summed E-state index contributed by atoms with van der Waals surface area (Å²) >= 11 is 0. The zero-order chi connectivity index (χ0) is 9.15. The van der Waals surface area contributed by atoms with E-state index in [2.05, 4.69) is 27.3 Å². The zero-order valence-electron chi connectivity index (χ0n) is 6.96. The van der Waals surface area contributed by atoms with Crippen molar-refractivity contribution in [1.29, 1.82) is 0 Å². The zero-order valence-corrected chi connectivity index (χ0v) is 6.96. The first-order valence-electron chi connectivity index (χ1n) is 3.90. The highest BCUT2D eigenvalue weighted by Gasteiger charge is 2.31. The maximum absolute atomic E-state index is 3.93. The maximum atomic E-state index is 3.93. The van der Waals surface area contributed by atoms with Gasteiger partial charge in [0.05, 0.1) is 0 Å². The van der Waals surface area contributed by atoms with Crippen LogP contribution in [0.4, 0.5) is 0 Å². The van der Waals surface area contributed by atoms with Crippen LogP contribution < -0.4 is 0 Å². The molecule has 0 bridgehead atoms. The molecule has 0 aliphatic carbocycles. The van der Waals surface area contributed by atoms with Gasteiger partial charge in [0.1, 0.15) is 0 Å². The fraction of sp³-hybridized carbons (Fsp3) is 0.111. The molecule has 1 aromatic carbocycles. The molecule has 13 heavy (non-hydrogen) atoms. The van der Waals surface area contributed by atoms with Gasteiger partial charge in [-0.3, -0.25) is 0 Å². The van der Waals surface area contributed by atoms with Crippen molar-refractivity contribution >= 4 is 0 Å². The lowest BCUT2D eigenvalue weighted by atomic mass is 10.0. The molecule has 0 radical (unpaired) electrons. The highest BCUT2D eigenvalue weighted by molar-refractivity contribution is 5.28. The number of nitrogens with zero attached hydrogens (tertiary/aromatic N) is 4. The Kier molecular flexibility index (Phi) is 1.73. The first kappa shape index (κ1) is 7.79. The van der Waals surface area contributed by atoms with Crippen molar-refractivity contribution in [3.8, 4) is 0 Å². The highest BCUT2D eigenvalue weighted by atomic mass is 15.6. The Morgan fingerprint density at radius 3 is 2.23 bits per heavy atom. The topological polar surface area (TPSA) is 49.4 Å². The van der Waals surface area contributed by atoms with E-state index >= 15 is 0 Å². The van der Waals surface area contributed by atoms with Crippen LogP contribution in [0.3, 0.4) is 0 Å². The van der Waals surface area contributed by atoms with Crippen LogP contribution in [0.25, 0.3) is 0 Å². The minimum absolute atomic E-state index is 0.790. The smallest absolute Gasteiger partial charge is 0.125 e. The largest absolute Gasteiger partial charge is 0.238 e. The van der Waals surface area contributed by atoms with E-state index < -0.39 is 5.66 Å². The van der Waals surface area contributed by atoms with E-state index in [0.29, 0.717) is 0 Å². The number of rotatable bonds is 2. The van der Waals surface area contributed by atoms with Crippen molar-refractivity contribution in [2.45, 2.75) is 5.66 Å². The van der Waals surface area contributed by atoms with Crippen LogP contribution in [0.1, 0.15) is 5.56 Å². The van der Waals surface area contributed by atoms with Crippen molar-refractivity contribution in [3.63, 3.8) is 0 Å². The Labute approximate surface area is 75.7 Å². The second-order valence-corrected chi connectivity index (χ2v) is 2.68. The van der Waals surface area contributed by atoms with Crippen molar-refractivity contribution in [1.82, 2.24) is 0 Å². The number of hydrogen-bond acceptors (Lipinski definition) is 4. The van der Waals surface area contributed by atoms with Gasteiger partial charge in [-0.1, -0.05) is 36.9 Å². The van der Waals surface area contributed by atoms with Crippen molar-refractivity contribution in [2.24, 2.45) is 20.7 Å². The van der Waals surface area contributed by atoms with Gasteiger partial charge >= 0.3 is 0 Å². The minimum Gasteiger partial charge on any atom is -0.125 e. The van der Waals surface area contributed by atoms with Crippen LogP contribution in [-0.2, 0) is 5.66 Å². The van der Waals surface area contributed by atoms with Gasteiger partial charge in [-0.05, 0) is 16.5 Å². The Morgan fingerprint density at radius 1 is 1.08 bits per heavy atom. The summed E-state index contributed by atoms with van der Waals surface area (Å²) < 4.78 is 0. The first-order chi connectivity index (χ1) is 6.37. The Balaban J connectivity index is 2.50. The molecular weight excluding hydrogens is 164 g/mol. The van der Waals surface area contributed by atoms with Gasteiger partial charge < -0.3 is 0 Å². The quantitative estimate of drug-likeness (QED) is 0.616. The summed E-state index contributed by atoms with van der Waals surface area (Å²) in [5.74, 6) is 0. The highest BCUT2D eigenvalue weighted by Crippen LogP contribution is 2.32. The lowest BCUT2D eigenvalue weighted by Crippen LogP contribution is -2.14. The molecule has 0 fully saturated rings. The molecular formula is C9H8N4. The van der Waals surface area contributed by atoms with Crippen molar-refractivity contribution in [3.05, 3.63) is 48.6 Å². The van der Waals surface area contributed by atoms with Gasteiger partial charge in [0, 0.05) is 5.56 Å². The molecule has 1 aliphatic rings. The number of hydrogen-bond donors (Lipinski definition) is 0. The third-order valence-corrected chi connectivity index (χ3v) is 1.92. The minimum atomic E-state index is -0.790. The number of benzene rings is 1. The predicted molar refractivity (Wildman–Crippen MR) is 48.0 cm³/mol. The van der Waals surface area contributed by atoms with E-state index in [4.69, 9.17) is 0 Å². The summed E-state index contributed by atoms with van der Waals surface area (Å²) in [5.41, 5.74) is 0.136. The van der Waals surface area contributed by atoms with Gasteiger partial charge in [0.2, 0.25) is 5.66 Å². The maximum Gasteiger partial charge on any atom is 0.238 e. The Bertz CT molecular complexity index is 354. The van der Waals surface area contributed by atoms with E-state index in [-0.39, 0.29) is 0 Å². The Morgan fingerprint density at radius 2 is 1.69 bits per heavy atom. The van der Waals surface area contributed by atoms with Gasteiger partial charge in [-0.15, -0.1) is 10.2 Å². The molecule has 1 aliphatic heterocycles. The van der Waals surface area contributed by atoms with Gasteiger partial charge in [0.25, 0.3) is 0 Å². The van der Waals surface area contributed by atoms with Crippen LogP contribution in [0.2, 0.25) is 0 Å². The SMILES string of the molecule is C=CC1(c2ccccc2)N=NN=N1. The van der Waals surface area contributed by atoms with E-state index in [1.54, 1.807) is 6.08 Å². The molecule has 0 saturated carbocycles. The molecule has 0 spiro atoms. The van der Waals surface area contributed by atoms with Crippen LogP contribution in [0.5, 0.6) is 0 Å². The molecule has 4 nitrogen and oxygen atoms in total. The molecule has 0 N–H and O–H groups in total. The average molecular weight is 172 g/mol. The Hall–Kier alpha value is -1.84. The van der Waals surface area contributed by atoms with Crippen molar-refractivity contribution in [2.75, 3.05) is 0 Å². The summed E-state index contributed by atoms with van der Waals surface area (Å²) in [6, 6.07) is 9.62. The molecule has 1 aromatic rings. The molecule has 0 saturated heterocycles. The van der Waals surface area contributed by atoms with Crippen LogP contribution in [-0.4, -0.2) is 0 Å². The van der Waals surface area contributed by atoms with Crippen LogP contribution in [0.15, 0.2) is 63.7 Å². The summed E-state index contributed by atoms with van der Waals surface area (Å²) in [6.07, 6.45) is 1.63. The van der Waals surface area contributed by atoms with E-state index in [1.165, 1.54) is 0 Å². The second-order valence-electron chi connectivity index (χ2n) is 2.68. The van der Waals surface area contributed by atoms with E-state index in [9.17, 15) is 0 Å². The van der Waals surface area contributed by atoms with E-state index in [0.717, 1.165) is 5.56 Å². The van der Waals surface area contributed by atoms with Crippen LogP contribution in [0, 0.1) is 0 Å². The fourth-order valence-electron chi connectivity index (χ4n) is 1.19. The molecule has 4 heteroatoms. The molecule has 2 rings (SSSR count). The third kappa shape index (κ3) is 1.16. The third-order valence-electron chi connectivity index (χ3n) is 1.92. The lowest BCUT2D eigenvalue weighted by molar-refractivity contribution is 0.591. The monoisotopic (exact) mass is 172 g/mol. The summed E-state index contributed by atoms with van der Waals surface area (Å²) in [5, 5.41) is 14.9. The molecule has 0 aromatic heterocycles. The lowest BCUT2D eigenvalue weighted by Gasteiger charge is -2.14. The predicted octanol–water partition coefficient (Wildman–Crippen LogP) is 2.86. The molecule has 0 unspecified atom stereocenters. The summed E-state index contributed by atoms with van der Waals surface area (Å²) in [4.78, 5) is 0. The second kappa shape index (κ2) is 2.90. The molecule has 0 atom stereocenters. The normalized spacial score (nSPS) is 17.5. The fourth-order valence-corrected chi connectivity index (χ4v) is 1.19. The molecule has 64 valence electrons. The van der Waals surface area contributed by atoms with Crippen LogP contribution >= 0.6 is 0 Å². The summed E-state index contributed by atoms with van der Waals surface area (Å²) in [7, 11) is 0. The van der Waals surface area contributed by atoms with E-state index in [1.807, 2.05) is 30.3 Å². The van der Waals surface area contributed by atoms with Crippen molar-refractivity contribution < 1.29 is 0 Å².